The molecule has 3 heterocycles. The van der Waals surface area contributed by atoms with E-state index in [9.17, 15) is 4.79 Å². The van der Waals surface area contributed by atoms with Gasteiger partial charge in [0.2, 0.25) is 0 Å². The summed E-state index contributed by atoms with van der Waals surface area (Å²) in [6.07, 6.45) is 5.10. The first kappa shape index (κ1) is 17.8. The van der Waals surface area contributed by atoms with Gasteiger partial charge in [0.1, 0.15) is 22.0 Å². The fourth-order valence-electron chi connectivity index (χ4n) is 3.86. The van der Waals surface area contributed by atoms with E-state index < -0.39 is 0 Å². The molecule has 0 saturated heterocycles. The summed E-state index contributed by atoms with van der Waals surface area (Å²) in [7, 11) is 0. The lowest BCUT2D eigenvalue weighted by molar-refractivity contribution is 0.509. The van der Waals surface area contributed by atoms with Crippen LogP contribution in [0.4, 0.5) is 0 Å². The molecule has 0 aliphatic heterocycles. The molecular formula is C21H20N4OS2. The summed E-state index contributed by atoms with van der Waals surface area (Å²) in [5, 5.41) is 2.79. The highest BCUT2D eigenvalue weighted by Crippen LogP contribution is 2.43. The van der Waals surface area contributed by atoms with E-state index in [0.717, 1.165) is 34.1 Å². The van der Waals surface area contributed by atoms with Crippen LogP contribution < -0.4 is 5.56 Å². The van der Waals surface area contributed by atoms with Gasteiger partial charge >= 0.3 is 0 Å². The van der Waals surface area contributed by atoms with Crippen LogP contribution in [0.15, 0.2) is 40.4 Å². The number of nitrogens with zero attached hydrogens (tertiary/aromatic N) is 3. The molecule has 0 spiro atoms. The Morgan fingerprint density at radius 1 is 1.29 bits per heavy atom. The molecule has 5 nitrogen and oxygen atoms in total. The molecule has 0 amide bonds. The average molecular weight is 409 g/mol. The molecule has 0 saturated carbocycles. The van der Waals surface area contributed by atoms with Crippen LogP contribution in [0.3, 0.4) is 0 Å². The molecule has 1 aromatic carbocycles. The van der Waals surface area contributed by atoms with Gasteiger partial charge in [-0.25, -0.2) is 15.0 Å². The molecule has 28 heavy (non-hydrogen) atoms. The number of benzene rings is 1. The number of thioether (sulfide) groups is 1. The third-order valence-electron chi connectivity index (χ3n) is 5.36. The second kappa shape index (κ2) is 6.97. The fourth-order valence-corrected chi connectivity index (χ4v) is 6.27. The zero-order valence-corrected chi connectivity index (χ0v) is 17.4. The summed E-state index contributed by atoms with van der Waals surface area (Å²) in [4.78, 5) is 31.7. The van der Waals surface area contributed by atoms with Crippen LogP contribution in [-0.4, -0.2) is 19.9 Å². The van der Waals surface area contributed by atoms with Crippen molar-refractivity contribution >= 4 is 44.2 Å². The molecule has 1 aliphatic rings. The van der Waals surface area contributed by atoms with Gasteiger partial charge < -0.3 is 4.98 Å². The van der Waals surface area contributed by atoms with Crippen molar-refractivity contribution in [3.8, 4) is 0 Å². The quantitative estimate of drug-likeness (QED) is 0.385. The van der Waals surface area contributed by atoms with E-state index in [-0.39, 0.29) is 10.8 Å². The van der Waals surface area contributed by atoms with E-state index in [2.05, 4.69) is 33.8 Å². The van der Waals surface area contributed by atoms with E-state index >= 15 is 0 Å². The summed E-state index contributed by atoms with van der Waals surface area (Å²) >= 11 is 3.45. The normalized spacial score (nSPS) is 17.7. The van der Waals surface area contributed by atoms with E-state index in [1.807, 2.05) is 18.2 Å². The first-order valence-corrected chi connectivity index (χ1v) is 11.2. The maximum atomic E-state index is 12.4. The van der Waals surface area contributed by atoms with Gasteiger partial charge in [0.05, 0.1) is 16.2 Å². The van der Waals surface area contributed by atoms with Crippen molar-refractivity contribution in [1.29, 1.82) is 0 Å². The third kappa shape index (κ3) is 3.02. The van der Waals surface area contributed by atoms with E-state index in [0.29, 0.717) is 11.2 Å². The molecule has 3 aromatic heterocycles. The van der Waals surface area contributed by atoms with Crippen LogP contribution in [0.25, 0.3) is 21.1 Å². The van der Waals surface area contributed by atoms with Crippen molar-refractivity contribution in [2.75, 3.05) is 0 Å². The molecule has 142 valence electrons. The van der Waals surface area contributed by atoms with Crippen molar-refractivity contribution in [2.45, 2.75) is 43.4 Å². The monoisotopic (exact) mass is 408 g/mol. The van der Waals surface area contributed by atoms with Gasteiger partial charge in [-0.05, 0) is 49.8 Å². The third-order valence-corrected chi connectivity index (χ3v) is 7.63. The zero-order chi connectivity index (χ0) is 19.3. The molecule has 1 aliphatic carbocycles. The number of thiophene rings is 1. The highest BCUT2D eigenvalue weighted by Gasteiger charge is 2.24. The number of hydrogen-bond donors (Lipinski definition) is 1. The zero-order valence-electron chi connectivity index (χ0n) is 15.7. The van der Waals surface area contributed by atoms with Gasteiger partial charge in [-0.1, -0.05) is 30.8 Å². The molecular weight excluding hydrogens is 388 g/mol. The smallest absolute Gasteiger partial charge is 0.258 e. The minimum Gasteiger partial charge on any atom is -0.309 e. The maximum absolute atomic E-state index is 12.4. The van der Waals surface area contributed by atoms with Crippen LogP contribution in [0, 0.1) is 5.92 Å². The number of aromatic amines is 1. The summed E-state index contributed by atoms with van der Waals surface area (Å²) in [5.41, 5.74) is 2.06. The lowest BCUT2D eigenvalue weighted by Crippen LogP contribution is -2.13. The number of nitrogens with one attached hydrogen (secondary N) is 1. The van der Waals surface area contributed by atoms with Crippen molar-refractivity contribution in [2.24, 2.45) is 5.92 Å². The maximum Gasteiger partial charge on any atom is 0.258 e. The van der Waals surface area contributed by atoms with Gasteiger partial charge in [0, 0.05) is 10.3 Å². The number of rotatable bonds is 3. The largest absolute Gasteiger partial charge is 0.309 e. The predicted molar refractivity (Wildman–Crippen MR) is 115 cm³/mol. The minimum absolute atomic E-state index is 0.0199. The number of para-hydroxylation sites is 1. The van der Waals surface area contributed by atoms with Crippen LogP contribution in [0.1, 0.15) is 41.8 Å². The van der Waals surface area contributed by atoms with Gasteiger partial charge in [0.15, 0.2) is 0 Å². The van der Waals surface area contributed by atoms with E-state index in [1.165, 1.54) is 22.2 Å². The molecule has 7 heteroatoms. The lowest BCUT2D eigenvalue weighted by Gasteiger charge is -2.18. The molecule has 0 radical (unpaired) electrons. The predicted octanol–water partition coefficient (Wildman–Crippen LogP) is 4.91. The Labute approximate surface area is 170 Å². The van der Waals surface area contributed by atoms with E-state index in [4.69, 9.17) is 0 Å². The summed E-state index contributed by atoms with van der Waals surface area (Å²) in [6.45, 7) is 4.38. The first-order valence-electron chi connectivity index (χ1n) is 9.51. The van der Waals surface area contributed by atoms with Crippen molar-refractivity contribution in [3.05, 3.63) is 57.2 Å². The molecule has 1 N–H and O–H groups in total. The number of hydrogen-bond acceptors (Lipinski definition) is 6. The summed E-state index contributed by atoms with van der Waals surface area (Å²) < 4.78 is 0. The summed E-state index contributed by atoms with van der Waals surface area (Å²) in [5.74, 6) is 1.41. The Hall–Kier alpha value is -2.25. The Balaban J connectivity index is 1.54. The molecule has 5 rings (SSSR count). The Bertz CT molecular complexity index is 1250. The lowest BCUT2D eigenvalue weighted by atomic mass is 9.89. The number of H-pyrrole nitrogens is 1. The first-order chi connectivity index (χ1) is 13.6. The number of aromatic nitrogens is 4. The van der Waals surface area contributed by atoms with Crippen LogP contribution in [-0.2, 0) is 12.8 Å². The van der Waals surface area contributed by atoms with Gasteiger partial charge in [-0.2, -0.15) is 0 Å². The Morgan fingerprint density at radius 3 is 3.04 bits per heavy atom. The molecule has 0 fully saturated rings. The molecule has 2 atom stereocenters. The number of aryl methyl sites for hydroxylation is 1. The van der Waals surface area contributed by atoms with Crippen LogP contribution >= 0.6 is 23.1 Å². The van der Waals surface area contributed by atoms with Crippen LogP contribution in [0.5, 0.6) is 0 Å². The second-order valence-corrected chi connectivity index (χ2v) is 9.85. The highest BCUT2D eigenvalue weighted by atomic mass is 32.2. The Kier molecular flexibility index (Phi) is 4.44. The number of fused-ring (bicyclic) bond motifs is 4. The fraction of sp³-hybridized carbons (Fsp3) is 0.333. The van der Waals surface area contributed by atoms with Gasteiger partial charge in [-0.3, -0.25) is 4.79 Å². The Morgan fingerprint density at radius 2 is 2.14 bits per heavy atom. The van der Waals surface area contributed by atoms with Crippen molar-refractivity contribution in [3.63, 3.8) is 0 Å². The topological polar surface area (TPSA) is 71.5 Å². The molecule has 4 aromatic rings. The second-order valence-electron chi connectivity index (χ2n) is 7.44. The van der Waals surface area contributed by atoms with E-state index in [1.54, 1.807) is 35.5 Å². The highest BCUT2D eigenvalue weighted by molar-refractivity contribution is 7.99. The van der Waals surface area contributed by atoms with Gasteiger partial charge in [0.25, 0.3) is 5.56 Å². The van der Waals surface area contributed by atoms with Gasteiger partial charge in [-0.15, -0.1) is 11.3 Å². The molecule has 0 bridgehead atoms. The SMILES string of the molecule is C[C@H]1CCc2c(sc3ncnc(S[C@H](C)c4nc5ccccc5c(=O)[nH]4)c23)C1. The van der Waals surface area contributed by atoms with Crippen molar-refractivity contribution < 1.29 is 0 Å². The average Bonchev–Trinajstić information content (AvgIpc) is 3.06. The standard InChI is InChI=1S/C21H20N4OS2/c1-11-7-8-14-16(9-11)28-21-17(14)20(22-10-23-21)27-12(2)18-24-15-6-4-3-5-13(15)19(26)25-18/h3-6,10-12H,7-9H2,1-2H3,(H,24,25,26)/t11-,12+/m0/s1. The summed E-state index contributed by atoms with van der Waals surface area (Å²) in [6, 6.07) is 7.44. The molecule has 0 unspecified atom stereocenters. The van der Waals surface area contributed by atoms with Crippen LogP contribution in [0.2, 0.25) is 0 Å². The minimum atomic E-state index is -0.0946. The van der Waals surface area contributed by atoms with Crippen molar-refractivity contribution in [1.82, 2.24) is 19.9 Å².